The Morgan fingerprint density at radius 1 is 1.03 bits per heavy atom. The van der Waals surface area contributed by atoms with Gasteiger partial charge < -0.3 is 14.8 Å². The van der Waals surface area contributed by atoms with E-state index < -0.39 is 5.97 Å². The molecule has 2 aromatic rings. The van der Waals surface area contributed by atoms with E-state index in [-0.39, 0.29) is 18.1 Å². The Balaban J connectivity index is 1.53. The highest BCUT2D eigenvalue weighted by Gasteiger charge is 2.21. The fourth-order valence-electron chi connectivity index (χ4n) is 3.62. The number of nitrogens with zero attached hydrogens (tertiary/aromatic N) is 1. The molecule has 2 aromatic carbocycles. The minimum atomic E-state index is -0.459. The molecule has 1 aliphatic rings. The van der Waals surface area contributed by atoms with Crippen LogP contribution in [-0.4, -0.2) is 49.2 Å². The zero-order chi connectivity index (χ0) is 20.8. The fourth-order valence-corrected chi connectivity index (χ4v) is 3.62. The second-order valence-electron chi connectivity index (χ2n) is 7.52. The van der Waals surface area contributed by atoms with Crippen LogP contribution in [0.4, 0.5) is 0 Å². The summed E-state index contributed by atoms with van der Waals surface area (Å²) in [6.07, 6.45) is 0.511. The lowest BCUT2D eigenvalue weighted by molar-refractivity contribution is -0.0704. The molecule has 2 unspecified atom stereocenters. The summed E-state index contributed by atoms with van der Waals surface area (Å²) in [7, 11) is 1.32. The van der Waals surface area contributed by atoms with Crippen LogP contribution in [0.25, 0.3) is 0 Å². The number of carbonyl (C=O) groups excluding carboxylic acids is 2. The number of hydrogen-bond acceptors (Lipinski definition) is 5. The summed E-state index contributed by atoms with van der Waals surface area (Å²) in [5.74, 6) is -0.685. The Hall–Kier alpha value is -2.70. The van der Waals surface area contributed by atoms with Gasteiger partial charge in [-0.15, -0.1) is 0 Å². The van der Waals surface area contributed by atoms with Gasteiger partial charge in [0.1, 0.15) is 0 Å². The first-order valence-electron chi connectivity index (χ1n) is 9.87. The molecule has 0 saturated carbocycles. The topological polar surface area (TPSA) is 67.9 Å². The summed E-state index contributed by atoms with van der Waals surface area (Å²) in [6, 6.07) is 14.8. The van der Waals surface area contributed by atoms with E-state index in [1.807, 2.05) is 12.1 Å². The van der Waals surface area contributed by atoms with E-state index in [0.717, 1.165) is 25.2 Å². The maximum absolute atomic E-state index is 12.4. The van der Waals surface area contributed by atoms with Gasteiger partial charge in [-0.1, -0.05) is 30.3 Å². The zero-order valence-corrected chi connectivity index (χ0v) is 17.2. The van der Waals surface area contributed by atoms with Crippen LogP contribution in [0, 0.1) is 0 Å². The molecule has 0 spiro atoms. The van der Waals surface area contributed by atoms with Gasteiger partial charge in [-0.3, -0.25) is 9.69 Å². The molecule has 1 heterocycles. The predicted octanol–water partition coefficient (Wildman–Crippen LogP) is 3.01. The largest absolute Gasteiger partial charge is 0.465 e. The third-order valence-corrected chi connectivity index (χ3v) is 4.92. The van der Waals surface area contributed by atoms with Gasteiger partial charge in [-0.05, 0) is 43.2 Å². The monoisotopic (exact) mass is 396 g/mol. The lowest BCUT2D eigenvalue weighted by Crippen LogP contribution is -2.44. The first-order valence-corrected chi connectivity index (χ1v) is 9.87. The maximum Gasteiger partial charge on any atom is 0.337 e. The van der Waals surface area contributed by atoms with Crippen molar-refractivity contribution >= 4 is 11.9 Å². The SMILES string of the molecule is COC(=O)c1cccc(C(=O)NCc2ccc(CN3CC(C)OC(C)C3)cc2)c1. The second-order valence-corrected chi connectivity index (χ2v) is 7.52. The van der Waals surface area contributed by atoms with Gasteiger partial charge in [0, 0.05) is 31.7 Å². The first-order chi connectivity index (χ1) is 13.9. The number of morpholine rings is 1. The van der Waals surface area contributed by atoms with Crippen LogP contribution in [0.1, 0.15) is 45.7 Å². The summed E-state index contributed by atoms with van der Waals surface area (Å²) < 4.78 is 10.5. The Bertz CT molecular complexity index is 840. The highest BCUT2D eigenvalue weighted by Crippen LogP contribution is 2.15. The summed E-state index contributed by atoms with van der Waals surface area (Å²) >= 11 is 0. The second kappa shape index (κ2) is 9.67. The van der Waals surface area contributed by atoms with E-state index in [1.54, 1.807) is 18.2 Å². The average molecular weight is 396 g/mol. The number of benzene rings is 2. The molecule has 2 atom stereocenters. The molecule has 1 aliphatic heterocycles. The lowest BCUT2D eigenvalue weighted by atomic mass is 10.1. The van der Waals surface area contributed by atoms with Gasteiger partial charge in [0.25, 0.3) is 5.91 Å². The Morgan fingerprint density at radius 2 is 1.66 bits per heavy atom. The highest BCUT2D eigenvalue weighted by molar-refractivity contribution is 5.97. The molecule has 6 nitrogen and oxygen atoms in total. The number of amides is 1. The van der Waals surface area contributed by atoms with E-state index in [2.05, 4.69) is 36.2 Å². The molecular formula is C23H28N2O4. The van der Waals surface area contributed by atoms with E-state index in [0.29, 0.717) is 17.7 Å². The third kappa shape index (κ3) is 5.89. The van der Waals surface area contributed by atoms with Crippen molar-refractivity contribution in [1.82, 2.24) is 10.2 Å². The molecule has 1 fully saturated rings. The molecule has 1 N–H and O–H groups in total. The number of esters is 1. The van der Waals surface area contributed by atoms with Crippen LogP contribution >= 0.6 is 0 Å². The van der Waals surface area contributed by atoms with E-state index >= 15 is 0 Å². The molecule has 0 bridgehead atoms. The van der Waals surface area contributed by atoms with E-state index in [9.17, 15) is 9.59 Å². The molecule has 29 heavy (non-hydrogen) atoms. The third-order valence-electron chi connectivity index (χ3n) is 4.92. The van der Waals surface area contributed by atoms with Crippen molar-refractivity contribution in [3.8, 4) is 0 Å². The van der Waals surface area contributed by atoms with Crippen molar-refractivity contribution in [2.75, 3.05) is 20.2 Å². The first kappa shape index (κ1) is 21.0. The summed E-state index contributed by atoms with van der Waals surface area (Å²) in [5.41, 5.74) is 3.05. The fraction of sp³-hybridized carbons (Fsp3) is 0.391. The van der Waals surface area contributed by atoms with Crippen molar-refractivity contribution in [3.05, 3.63) is 70.8 Å². The quantitative estimate of drug-likeness (QED) is 0.761. The van der Waals surface area contributed by atoms with Gasteiger partial charge >= 0.3 is 5.97 Å². The molecular weight excluding hydrogens is 368 g/mol. The van der Waals surface area contributed by atoms with Crippen LogP contribution in [-0.2, 0) is 22.6 Å². The number of rotatable bonds is 6. The van der Waals surface area contributed by atoms with Gasteiger partial charge in [0.2, 0.25) is 0 Å². The average Bonchev–Trinajstić information content (AvgIpc) is 2.71. The van der Waals surface area contributed by atoms with Crippen LogP contribution in [0.3, 0.4) is 0 Å². The van der Waals surface area contributed by atoms with Crippen LogP contribution in [0.5, 0.6) is 0 Å². The van der Waals surface area contributed by atoms with Crippen molar-refractivity contribution in [2.45, 2.75) is 39.1 Å². The van der Waals surface area contributed by atoms with E-state index in [4.69, 9.17) is 9.47 Å². The molecule has 1 saturated heterocycles. The van der Waals surface area contributed by atoms with Gasteiger partial charge in [-0.2, -0.15) is 0 Å². The van der Waals surface area contributed by atoms with Crippen molar-refractivity contribution in [3.63, 3.8) is 0 Å². The van der Waals surface area contributed by atoms with Crippen LogP contribution in [0.15, 0.2) is 48.5 Å². The number of hydrogen-bond donors (Lipinski definition) is 1. The Kier molecular flexibility index (Phi) is 7.01. The number of methoxy groups -OCH3 is 1. The number of ether oxygens (including phenoxy) is 2. The van der Waals surface area contributed by atoms with Crippen molar-refractivity contribution in [2.24, 2.45) is 0 Å². The molecule has 1 amide bonds. The summed E-state index contributed by atoms with van der Waals surface area (Å²) in [6.45, 7) is 7.41. The molecule has 6 heteroatoms. The molecule has 0 aromatic heterocycles. The van der Waals surface area contributed by atoms with E-state index in [1.165, 1.54) is 18.7 Å². The summed E-state index contributed by atoms with van der Waals surface area (Å²) in [4.78, 5) is 26.4. The summed E-state index contributed by atoms with van der Waals surface area (Å²) in [5, 5.41) is 2.89. The maximum atomic E-state index is 12.4. The smallest absolute Gasteiger partial charge is 0.337 e. The van der Waals surface area contributed by atoms with Crippen LogP contribution in [0.2, 0.25) is 0 Å². The molecule has 3 rings (SSSR count). The number of nitrogens with one attached hydrogen (secondary N) is 1. The molecule has 154 valence electrons. The Labute approximate surface area is 171 Å². The van der Waals surface area contributed by atoms with Gasteiger partial charge in [0.05, 0.1) is 24.9 Å². The standard InChI is InChI=1S/C23H28N2O4/c1-16-13-25(14-17(2)29-16)15-19-9-7-18(8-10-19)12-24-22(26)20-5-4-6-21(11-20)23(27)28-3/h4-11,16-17H,12-15H2,1-3H3,(H,24,26). The molecule has 0 aliphatic carbocycles. The van der Waals surface area contributed by atoms with Gasteiger partial charge in [-0.25, -0.2) is 4.79 Å². The minimum absolute atomic E-state index is 0.226. The zero-order valence-electron chi connectivity index (χ0n) is 17.2. The minimum Gasteiger partial charge on any atom is -0.465 e. The number of carbonyl (C=O) groups is 2. The predicted molar refractivity (Wildman–Crippen MR) is 111 cm³/mol. The lowest BCUT2D eigenvalue weighted by Gasteiger charge is -2.35. The van der Waals surface area contributed by atoms with Crippen LogP contribution < -0.4 is 5.32 Å². The van der Waals surface area contributed by atoms with Crippen molar-refractivity contribution in [1.29, 1.82) is 0 Å². The molecule has 0 radical (unpaired) electrons. The Morgan fingerprint density at radius 3 is 2.31 bits per heavy atom. The van der Waals surface area contributed by atoms with Gasteiger partial charge in [0.15, 0.2) is 0 Å². The highest BCUT2D eigenvalue weighted by atomic mass is 16.5. The van der Waals surface area contributed by atoms with Crippen molar-refractivity contribution < 1.29 is 19.1 Å². The normalized spacial score (nSPS) is 19.6.